The summed E-state index contributed by atoms with van der Waals surface area (Å²) in [4.78, 5) is 12.9. The van der Waals surface area contributed by atoms with Crippen molar-refractivity contribution in [2.45, 2.75) is 39.2 Å². The average molecular weight is 393 g/mol. The van der Waals surface area contributed by atoms with E-state index in [1.165, 1.54) is 16.8 Å². The number of nitrogens with one attached hydrogen (secondary N) is 1. The van der Waals surface area contributed by atoms with Crippen molar-refractivity contribution in [3.8, 4) is 5.69 Å². The Labute approximate surface area is 167 Å². The van der Waals surface area contributed by atoms with Gasteiger partial charge in [0.15, 0.2) is 11.5 Å². The van der Waals surface area contributed by atoms with E-state index in [0.29, 0.717) is 24.1 Å². The first kappa shape index (κ1) is 18.0. The number of halogens is 2. The largest absolute Gasteiger partial charge is 0.347 e. The average Bonchev–Trinajstić information content (AvgIpc) is 3.18. The molecule has 0 spiro atoms. The number of fused-ring (bicyclic) bond motifs is 3. The number of rotatable bonds is 4. The minimum Gasteiger partial charge on any atom is -0.347 e. The first-order chi connectivity index (χ1) is 13.9. The molecular weight excluding hydrogens is 372 g/mol. The number of carbonyl (C=O) groups is 1. The van der Waals surface area contributed by atoms with Crippen molar-refractivity contribution in [3.63, 3.8) is 0 Å². The van der Waals surface area contributed by atoms with Gasteiger partial charge in [-0.15, -0.1) is 0 Å². The minimum atomic E-state index is -0.679. The van der Waals surface area contributed by atoms with Crippen LogP contribution in [0.4, 0.5) is 8.78 Å². The second-order valence-electron chi connectivity index (χ2n) is 8.14. The molecule has 1 heterocycles. The van der Waals surface area contributed by atoms with Gasteiger partial charge in [-0.2, -0.15) is 5.10 Å². The molecule has 5 rings (SSSR count). The van der Waals surface area contributed by atoms with Crippen LogP contribution in [0.1, 0.15) is 50.8 Å². The topological polar surface area (TPSA) is 46.9 Å². The Morgan fingerprint density at radius 2 is 2.03 bits per heavy atom. The molecule has 148 valence electrons. The zero-order chi connectivity index (χ0) is 20.3. The molecule has 1 N–H and O–H groups in total. The highest BCUT2D eigenvalue weighted by Crippen LogP contribution is 2.57. The van der Waals surface area contributed by atoms with Gasteiger partial charge in [-0.05, 0) is 55.9 Å². The van der Waals surface area contributed by atoms with Crippen LogP contribution in [0.5, 0.6) is 0 Å². The van der Waals surface area contributed by atoms with Gasteiger partial charge in [-0.25, -0.2) is 13.5 Å². The Morgan fingerprint density at radius 1 is 1.21 bits per heavy atom. The van der Waals surface area contributed by atoms with Crippen LogP contribution in [-0.4, -0.2) is 15.7 Å². The summed E-state index contributed by atoms with van der Waals surface area (Å²) in [6.45, 7) is 4.44. The van der Waals surface area contributed by atoms with Crippen molar-refractivity contribution in [1.82, 2.24) is 15.1 Å². The molecule has 0 bridgehead atoms. The highest BCUT2D eigenvalue weighted by molar-refractivity contribution is 5.94. The lowest BCUT2D eigenvalue weighted by Gasteiger charge is -2.09. The maximum absolute atomic E-state index is 14.4. The van der Waals surface area contributed by atoms with Crippen LogP contribution in [0.15, 0.2) is 36.4 Å². The molecule has 0 saturated heterocycles. The van der Waals surface area contributed by atoms with E-state index in [9.17, 15) is 13.6 Å². The fourth-order valence-corrected chi connectivity index (χ4v) is 4.38. The number of nitrogens with zero attached hydrogens (tertiary/aromatic N) is 2. The Kier molecular flexibility index (Phi) is 4.05. The third kappa shape index (κ3) is 3.03. The van der Waals surface area contributed by atoms with Crippen molar-refractivity contribution in [2.24, 2.45) is 5.92 Å². The molecule has 2 aromatic carbocycles. The Morgan fingerprint density at radius 3 is 2.83 bits per heavy atom. The highest BCUT2D eigenvalue weighted by Gasteiger charge is 2.50. The molecule has 1 aromatic heterocycles. The van der Waals surface area contributed by atoms with E-state index in [2.05, 4.69) is 16.5 Å². The number of benzene rings is 2. The van der Waals surface area contributed by atoms with Gasteiger partial charge in [-0.1, -0.05) is 23.8 Å². The molecular formula is C23H21F2N3O. The molecule has 2 atom stereocenters. The van der Waals surface area contributed by atoms with E-state index in [1.54, 1.807) is 0 Å². The van der Waals surface area contributed by atoms with Crippen LogP contribution in [0.3, 0.4) is 0 Å². The Balaban J connectivity index is 1.47. The summed E-state index contributed by atoms with van der Waals surface area (Å²) in [7, 11) is 0. The predicted molar refractivity (Wildman–Crippen MR) is 105 cm³/mol. The maximum Gasteiger partial charge on any atom is 0.272 e. The van der Waals surface area contributed by atoms with Crippen molar-refractivity contribution in [2.75, 3.05) is 0 Å². The standard InChI is InChI=1S/C23H21F2N3O/c1-12-3-4-13(2)15(7-12)11-26-23(29)21-18-9-14-8-17(14)22(18)28(27-21)20-6-5-16(24)10-19(20)25/h3-7,10,14,17H,8-9,11H2,1-2H3,(H,26,29)/t14-,17-/m1/s1. The lowest BCUT2D eigenvalue weighted by molar-refractivity contribution is 0.0944. The zero-order valence-corrected chi connectivity index (χ0v) is 16.3. The quantitative estimate of drug-likeness (QED) is 0.716. The number of aryl methyl sites for hydroxylation is 2. The lowest BCUT2D eigenvalue weighted by Crippen LogP contribution is -2.25. The van der Waals surface area contributed by atoms with E-state index < -0.39 is 11.6 Å². The summed E-state index contributed by atoms with van der Waals surface area (Å²) < 4.78 is 29.3. The van der Waals surface area contributed by atoms with Gasteiger partial charge in [0.1, 0.15) is 11.5 Å². The van der Waals surface area contributed by atoms with Crippen molar-refractivity contribution < 1.29 is 13.6 Å². The molecule has 2 aliphatic carbocycles. The minimum absolute atomic E-state index is 0.184. The lowest BCUT2D eigenvalue weighted by atomic mass is 10.1. The van der Waals surface area contributed by atoms with Crippen LogP contribution >= 0.6 is 0 Å². The van der Waals surface area contributed by atoms with Gasteiger partial charge in [0.05, 0.1) is 5.69 Å². The van der Waals surface area contributed by atoms with E-state index >= 15 is 0 Å². The second-order valence-corrected chi connectivity index (χ2v) is 8.14. The second kappa shape index (κ2) is 6.51. The van der Waals surface area contributed by atoms with Crippen LogP contribution in [0.25, 0.3) is 5.69 Å². The fraction of sp³-hybridized carbons (Fsp3) is 0.304. The van der Waals surface area contributed by atoms with Gasteiger partial charge in [0.2, 0.25) is 0 Å². The number of carbonyl (C=O) groups excluding carboxylic acids is 1. The van der Waals surface area contributed by atoms with E-state index in [1.807, 2.05) is 26.0 Å². The summed E-state index contributed by atoms with van der Waals surface area (Å²) in [5.41, 5.74) is 5.64. The molecule has 3 aromatic rings. The highest BCUT2D eigenvalue weighted by atomic mass is 19.1. The molecule has 29 heavy (non-hydrogen) atoms. The first-order valence-electron chi connectivity index (χ1n) is 9.84. The fourth-order valence-electron chi connectivity index (χ4n) is 4.38. The molecule has 2 aliphatic rings. The zero-order valence-electron chi connectivity index (χ0n) is 16.3. The number of aromatic nitrogens is 2. The molecule has 1 saturated carbocycles. The molecule has 1 amide bonds. The van der Waals surface area contributed by atoms with E-state index in [-0.39, 0.29) is 11.6 Å². The monoisotopic (exact) mass is 393 g/mol. The van der Waals surface area contributed by atoms with Gasteiger partial charge in [-0.3, -0.25) is 4.79 Å². The smallest absolute Gasteiger partial charge is 0.272 e. The van der Waals surface area contributed by atoms with Gasteiger partial charge in [0.25, 0.3) is 5.91 Å². The Bertz CT molecular complexity index is 1150. The summed E-state index contributed by atoms with van der Waals surface area (Å²) >= 11 is 0. The third-order valence-electron chi connectivity index (χ3n) is 6.06. The molecule has 0 aliphatic heterocycles. The van der Waals surface area contributed by atoms with Crippen LogP contribution in [0.2, 0.25) is 0 Å². The molecule has 0 unspecified atom stereocenters. The van der Waals surface area contributed by atoms with Crippen LogP contribution in [0, 0.1) is 31.4 Å². The molecule has 4 nitrogen and oxygen atoms in total. The number of hydrogen-bond donors (Lipinski definition) is 1. The van der Waals surface area contributed by atoms with Crippen LogP contribution < -0.4 is 5.32 Å². The summed E-state index contributed by atoms with van der Waals surface area (Å²) in [6.07, 6.45) is 1.82. The van der Waals surface area contributed by atoms with E-state index in [0.717, 1.165) is 46.9 Å². The summed E-state index contributed by atoms with van der Waals surface area (Å²) in [5.74, 6) is -0.761. The van der Waals surface area contributed by atoms with E-state index in [4.69, 9.17) is 0 Å². The normalized spacial score (nSPS) is 19.0. The first-order valence-corrected chi connectivity index (χ1v) is 9.84. The van der Waals surface area contributed by atoms with Crippen molar-refractivity contribution in [3.05, 3.63) is 81.7 Å². The van der Waals surface area contributed by atoms with Crippen molar-refractivity contribution in [1.29, 1.82) is 0 Å². The molecule has 1 fully saturated rings. The molecule has 6 heteroatoms. The van der Waals surface area contributed by atoms with Crippen molar-refractivity contribution >= 4 is 5.91 Å². The Hall–Kier alpha value is -3.02. The third-order valence-corrected chi connectivity index (χ3v) is 6.06. The maximum atomic E-state index is 14.4. The van der Waals surface area contributed by atoms with Gasteiger partial charge in [0, 0.05) is 24.1 Å². The number of hydrogen-bond acceptors (Lipinski definition) is 2. The van der Waals surface area contributed by atoms with Crippen LogP contribution in [-0.2, 0) is 13.0 Å². The van der Waals surface area contributed by atoms with Gasteiger partial charge < -0.3 is 5.32 Å². The molecule has 0 radical (unpaired) electrons. The predicted octanol–water partition coefficient (Wildman–Crippen LogP) is 4.36. The number of amides is 1. The van der Waals surface area contributed by atoms with Gasteiger partial charge >= 0.3 is 0 Å². The summed E-state index contributed by atoms with van der Waals surface area (Å²) in [5, 5.41) is 7.43. The summed E-state index contributed by atoms with van der Waals surface area (Å²) in [6, 6.07) is 9.58. The SMILES string of the molecule is Cc1ccc(C)c(CNC(=O)c2nn(-c3ccc(F)cc3F)c3c2C[C@H]2C[C@@H]32)c1.